The molecule has 0 saturated carbocycles. The van der Waals surface area contributed by atoms with E-state index in [0.717, 1.165) is 28.0 Å². The van der Waals surface area contributed by atoms with Crippen molar-refractivity contribution >= 4 is 60.1 Å². The third-order valence-corrected chi connectivity index (χ3v) is 10.2. The summed E-state index contributed by atoms with van der Waals surface area (Å²) in [5.41, 5.74) is 1.84. The van der Waals surface area contributed by atoms with Crippen LogP contribution in [0.2, 0.25) is 0 Å². The van der Waals surface area contributed by atoms with Crippen molar-refractivity contribution in [1.29, 1.82) is 0 Å². The van der Waals surface area contributed by atoms with Crippen LogP contribution in [0.5, 0.6) is 0 Å². The van der Waals surface area contributed by atoms with Crippen molar-refractivity contribution in [3.63, 3.8) is 0 Å². The standard InChI is InChI=1S/C28H29N3O4S3/c1-3-31(21-8-5-4-6-9-21)38(33,34)24-14-11-20(12-15-24)27(32)30(19-22-10-7-17-35-22)28-29-25-16-13-23(36-2)18-26(25)37-28/h4-6,8-9,11-16,18,22H,3,7,10,17,19H2,1-2H3. The summed E-state index contributed by atoms with van der Waals surface area (Å²) in [6, 6.07) is 21.2. The van der Waals surface area contributed by atoms with E-state index >= 15 is 0 Å². The number of thiazole rings is 1. The van der Waals surface area contributed by atoms with Crippen molar-refractivity contribution in [3.05, 3.63) is 78.4 Å². The molecule has 5 rings (SSSR count). The van der Waals surface area contributed by atoms with Crippen molar-refractivity contribution in [2.45, 2.75) is 35.7 Å². The molecule has 10 heteroatoms. The molecule has 3 aromatic carbocycles. The van der Waals surface area contributed by atoms with Gasteiger partial charge in [0.05, 0.1) is 33.4 Å². The van der Waals surface area contributed by atoms with Gasteiger partial charge in [0, 0.05) is 23.6 Å². The van der Waals surface area contributed by atoms with Crippen LogP contribution >= 0.6 is 23.1 Å². The number of para-hydroxylation sites is 1. The van der Waals surface area contributed by atoms with Crippen LogP contribution < -0.4 is 9.21 Å². The summed E-state index contributed by atoms with van der Waals surface area (Å²) in [5.74, 6) is -0.232. The van der Waals surface area contributed by atoms with E-state index in [9.17, 15) is 13.2 Å². The first-order chi connectivity index (χ1) is 18.4. The first-order valence-corrected chi connectivity index (χ1v) is 15.9. The van der Waals surface area contributed by atoms with E-state index in [1.165, 1.54) is 27.8 Å². The van der Waals surface area contributed by atoms with Crippen LogP contribution in [0.4, 0.5) is 10.8 Å². The molecule has 1 saturated heterocycles. The first-order valence-electron chi connectivity index (χ1n) is 12.5. The molecule has 0 N–H and O–H groups in total. The van der Waals surface area contributed by atoms with Gasteiger partial charge in [-0.25, -0.2) is 13.4 Å². The minimum atomic E-state index is -3.79. The number of benzene rings is 3. The normalized spacial score (nSPS) is 15.6. The Labute approximate surface area is 231 Å². The van der Waals surface area contributed by atoms with Crippen LogP contribution in [0.15, 0.2) is 82.6 Å². The lowest BCUT2D eigenvalue weighted by molar-refractivity contribution is 0.0917. The zero-order valence-electron chi connectivity index (χ0n) is 21.2. The van der Waals surface area contributed by atoms with Gasteiger partial charge in [-0.2, -0.15) is 0 Å². The average Bonchev–Trinajstić information content (AvgIpc) is 3.61. The van der Waals surface area contributed by atoms with E-state index in [2.05, 4.69) is 6.07 Å². The summed E-state index contributed by atoms with van der Waals surface area (Å²) in [7, 11) is -3.79. The number of aromatic nitrogens is 1. The van der Waals surface area contributed by atoms with E-state index in [4.69, 9.17) is 9.72 Å². The number of anilines is 2. The maximum absolute atomic E-state index is 13.8. The predicted molar refractivity (Wildman–Crippen MR) is 155 cm³/mol. The van der Waals surface area contributed by atoms with Crippen molar-refractivity contribution in [3.8, 4) is 0 Å². The van der Waals surface area contributed by atoms with E-state index in [1.54, 1.807) is 47.9 Å². The van der Waals surface area contributed by atoms with Gasteiger partial charge in [-0.1, -0.05) is 29.5 Å². The SMILES string of the molecule is CCN(c1ccccc1)S(=O)(=O)c1ccc(C(=O)N(CC2CCCO2)c2nc3ccc(SC)cc3s2)cc1. The molecule has 0 spiro atoms. The third-order valence-electron chi connectivity index (χ3n) is 6.49. The smallest absolute Gasteiger partial charge is 0.264 e. The average molecular weight is 568 g/mol. The number of sulfonamides is 1. The Bertz CT molecular complexity index is 1520. The summed E-state index contributed by atoms with van der Waals surface area (Å²) in [6.07, 6.45) is 3.82. The van der Waals surface area contributed by atoms with Gasteiger partial charge in [0.1, 0.15) is 0 Å². The van der Waals surface area contributed by atoms with E-state index in [0.29, 0.717) is 29.5 Å². The highest BCUT2D eigenvalue weighted by molar-refractivity contribution is 7.98. The van der Waals surface area contributed by atoms with Gasteiger partial charge in [0.25, 0.3) is 15.9 Å². The molecule has 2 heterocycles. The summed E-state index contributed by atoms with van der Waals surface area (Å²) in [4.78, 5) is 21.5. The Balaban J connectivity index is 1.45. The van der Waals surface area contributed by atoms with Crippen molar-refractivity contribution < 1.29 is 17.9 Å². The monoisotopic (exact) mass is 567 g/mol. The number of nitrogens with zero attached hydrogens (tertiary/aromatic N) is 3. The molecule has 198 valence electrons. The fourth-order valence-corrected chi connectivity index (χ4v) is 7.51. The van der Waals surface area contributed by atoms with E-state index in [1.807, 2.05) is 36.6 Å². The minimum Gasteiger partial charge on any atom is -0.376 e. The first kappa shape index (κ1) is 26.7. The molecule has 0 aliphatic carbocycles. The Hall–Kier alpha value is -2.92. The van der Waals surface area contributed by atoms with Crippen LogP contribution in [-0.2, 0) is 14.8 Å². The van der Waals surface area contributed by atoms with Crippen LogP contribution in [0, 0.1) is 0 Å². The Morgan fingerprint density at radius 2 is 1.87 bits per heavy atom. The number of ether oxygens (including phenoxy) is 1. The third kappa shape index (κ3) is 5.44. The molecule has 1 fully saturated rings. The Kier molecular flexibility index (Phi) is 8.04. The van der Waals surface area contributed by atoms with Crippen molar-refractivity contribution in [2.75, 3.05) is 35.2 Å². The summed E-state index contributed by atoms with van der Waals surface area (Å²) < 4.78 is 35.0. The zero-order chi connectivity index (χ0) is 26.7. The van der Waals surface area contributed by atoms with E-state index < -0.39 is 10.0 Å². The molecule has 38 heavy (non-hydrogen) atoms. The summed E-state index contributed by atoms with van der Waals surface area (Å²) in [6.45, 7) is 3.17. The highest BCUT2D eigenvalue weighted by Crippen LogP contribution is 2.33. The molecular formula is C28H29N3O4S3. The maximum atomic E-state index is 13.8. The maximum Gasteiger partial charge on any atom is 0.264 e. The van der Waals surface area contributed by atoms with Gasteiger partial charge < -0.3 is 4.74 Å². The van der Waals surface area contributed by atoms with Crippen molar-refractivity contribution in [1.82, 2.24) is 4.98 Å². The molecular weight excluding hydrogens is 539 g/mol. The molecule has 1 amide bonds. The molecule has 1 aliphatic heterocycles. The van der Waals surface area contributed by atoms with E-state index in [-0.39, 0.29) is 23.5 Å². The largest absolute Gasteiger partial charge is 0.376 e. The summed E-state index contributed by atoms with van der Waals surface area (Å²) >= 11 is 3.14. The molecule has 0 radical (unpaired) electrons. The highest BCUT2D eigenvalue weighted by Gasteiger charge is 2.28. The molecule has 1 atom stereocenters. The molecule has 4 aromatic rings. The number of hydrogen-bond donors (Lipinski definition) is 0. The van der Waals surface area contributed by atoms with Crippen molar-refractivity contribution in [2.24, 2.45) is 0 Å². The number of rotatable bonds is 9. The molecule has 1 unspecified atom stereocenters. The zero-order valence-corrected chi connectivity index (χ0v) is 23.7. The highest BCUT2D eigenvalue weighted by atomic mass is 32.2. The van der Waals surface area contributed by atoms with Crippen LogP contribution in [0.25, 0.3) is 10.2 Å². The molecule has 7 nitrogen and oxygen atoms in total. The number of carbonyl (C=O) groups is 1. The number of hydrogen-bond acceptors (Lipinski definition) is 7. The van der Waals surface area contributed by atoms with Gasteiger partial charge in [0.2, 0.25) is 0 Å². The number of amides is 1. The lowest BCUT2D eigenvalue weighted by Gasteiger charge is -2.24. The number of fused-ring (bicyclic) bond motifs is 1. The Morgan fingerprint density at radius 1 is 1.11 bits per heavy atom. The number of thioether (sulfide) groups is 1. The molecule has 1 aromatic heterocycles. The number of carbonyl (C=O) groups excluding carboxylic acids is 1. The summed E-state index contributed by atoms with van der Waals surface area (Å²) in [5, 5.41) is 0.608. The quantitative estimate of drug-likeness (QED) is 0.229. The van der Waals surface area contributed by atoms with Gasteiger partial charge in [-0.05, 0) is 80.6 Å². The second-order valence-corrected chi connectivity index (χ2v) is 12.7. The fraction of sp³-hybridized carbons (Fsp3) is 0.286. The van der Waals surface area contributed by atoms with Gasteiger partial charge in [0.15, 0.2) is 5.13 Å². The van der Waals surface area contributed by atoms with Crippen LogP contribution in [0.1, 0.15) is 30.1 Å². The molecule has 1 aliphatic rings. The fourth-order valence-electron chi connectivity index (χ4n) is 4.51. The van der Waals surface area contributed by atoms with Gasteiger partial charge >= 0.3 is 0 Å². The second-order valence-electron chi connectivity index (χ2n) is 8.91. The lowest BCUT2D eigenvalue weighted by Crippen LogP contribution is -2.37. The minimum absolute atomic E-state index is 0.0589. The van der Waals surface area contributed by atoms with Gasteiger partial charge in [-0.3, -0.25) is 14.0 Å². The predicted octanol–water partition coefficient (Wildman–Crippen LogP) is 6.06. The Morgan fingerprint density at radius 3 is 2.53 bits per heavy atom. The topological polar surface area (TPSA) is 79.8 Å². The van der Waals surface area contributed by atoms with Crippen LogP contribution in [-0.4, -0.2) is 51.4 Å². The van der Waals surface area contributed by atoms with Crippen LogP contribution in [0.3, 0.4) is 0 Å². The second kappa shape index (κ2) is 11.4. The molecule has 0 bridgehead atoms. The lowest BCUT2D eigenvalue weighted by atomic mass is 10.2. The van der Waals surface area contributed by atoms with Gasteiger partial charge in [-0.15, -0.1) is 11.8 Å².